The number of rotatable bonds is 7. The molecule has 0 aliphatic rings. The summed E-state index contributed by atoms with van der Waals surface area (Å²) < 4.78 is 5.17. The second-order valence-electron chi connectivity index (χ2n) is 6.31. The van der Waals surface area contributed by atoms with Crippen LogP contribution in [0.2, 0.25) is 5.02 Å². The van der Waals surface area contributed by atoms with Crippen LogP contribution in [0.3, 0.4) is 0 Å². The Bertz CT molecular complexity index is 1010. The molecule has 2 aromatic carbocycles. The summed E-state index contributed by atoms with van der Waals surface area (Å²) in [6.45, 7) is 0.416. The van der Waals surface area contributed by atoms with E-state index in [1.807, 2.05) is 42.5 Å². The van der Waals surface area contributed by atoms with Crippen molar-refractivity contribution in [1.82, 2.24) is 10.3 Å². The van der Waals surface area contributed by atoms with Crippen molar-refractivity contribution in [3.05, 3.63) is 75.0 Å². The second-order valence-corrected chi connectivity index (χ2v) is 6.74. The number of hydrogen-bond acceptors (Lipinski definition) is 3. The number of benzene rings is 2. The fourth-order valence-corrected chi connectivity index (χ4v) is 3.13. The van der Waals surface area contributed by atoms with Crippen LogP contribution in [-0.4, -0.2) is 24.5 Å². The van der Waals surface area contributed by atoms with Crippen molar-refractivity contribution in [3.8, 4) is 5.75 Å². The van der Waals surface area contributed by atoms with E-state index in [1.165, 1.54) is 0 Å². The predicted molar refractivity (Wildman–Crippen MR) is 108 cm³/mol. The lowest BCUT2D eigenvalue weighted by molar-refractivity contribution is -0.121. The minimum Gasteiger partial charge on any atom is -0.497 e. The Hall–Kier alpha value is -2.79. The third-order valence-electron chi connectivity index (χ3n) is 4.38. The standard InChI is InChI=1S/C21H21ClN2O3/c1-27-18-7-6-15-12-16(21(26)24-19(15)13-18)9-10-23-20(25)8-5-14-3-2-4-17(22)11-14/h2-4,6-7,11-13H,5,8-10H2,1H3,(H,23,25)(H,24,26). The van der Waals surface area contributed by atoms with E-state index < -0.39 is 0 Å². The van der Waals surface area contributed by atoms with Crippen LogP contribution in [0.4, 0.5) is 0 Å². The average Bonchev–Trinajstić information content (AvgIpc) is 2.66. The number of carbonyl (C=O) groups excluding carboxylic acids is 1. The molecule has 0 fully saturated rings. The summed E-state index contributed by atoms with van der Waals surface area (Å²) in [4.78, 5) is 27.1. The van der Waals surface area contributed by atoms with E-state index in [-0.39, 0.29) is 11.5 Å². The van der Waals surface area contributed by atoms with Gasteiger partial charge in [0.1, 0.15) is 5.75 Å². The molecule has 5 nitrogen and oxygen atoms in total. The van der Waals surface area contributed by atoms with Gasteiger partial charge in [0.25, 0.3) is 5.56 Å². The van der Waals surface area contributed by atoms with Crippen molar-refractivity contribution in [2.24, 2.45) is 0 Å². The maximum absolute atomic E-state index is 12.2. The van der Waals surface area contributed by atoms with E-state index in [0.29, 0.717) is 42.1 Å². The number of nitrogens with one attached hydrogen (secondary N) is 2. The van der Waals surface area contributed by atoms with Gasteiger partial charge in [-0.3, -0.25) is 9.59 Å². The number of pyridine rings is 1. The quantitative estimate of drug-likeness (QED) is 0.655. The molecule has 0 aliphatic heterocycles. The molecule has 1 aromatic heterocycles. The van der Waals surface area contributed by atoms with Crippen molar-refractivity contribution in [1.29, 1.82) is 0 Å². The molecule has 1 heterocycles. The highest BCUT2D eigenvalue weighted by Crippen LogP contribution is 2.18. The van der Waals surface area contributed by atoms with Gasteiger partial charge in [0.2, 0.25) is 5.91 Å². The predicted octanol–water partition coefficient (Wildman–Crippen LogP) is 3.48. The van der Waals surface area contributed by atoms with E-state index in [9.17, 15) is 9.59 Å². The topological polar surface area (TPSA) is 71.2 Å². The first-order valence-electron chi connectivity index (χ1n) is 8.76. The molecule has 0 spiro atoms. The number of hydrogen-bond donors (Lipinski definition) is 2. The number of H-pyrrole nitrogens is 1. The number of methoxy groups -OCH3 is 1. The van der Waals surface area contributed by atoms with Crippen LogP contribution in [0.1, 0.15) is 17.5 Å². The van der Waals surface area contributed by atoms with Gasteiger partial charge in [-0.1, -0.05) is 23.7 Å². The third kappa shape index (κ3) is 5.11. The van der Waals surface area contributed by atoms with Crippen LogP contribution in [0.15, 0.2) is 53.3 Å². The molecule has 2 N–H and O–H groups in total. The van der Waals surface area contributed by atoms with Gasteiger partial charge in [-0.05, 0) is 54.1 Å². The largest absolute Gasteiger partial charge is 0.497 e. The lowest BCUT2D eigenvalue weighted by Crippen LogP contribution is -2.27. The molecule has 0 aliphatic carbocycles. The first kappa shape index (κ1) is 19.0. The van der Waals surface area contributed by atoms with Gasteiger partial charge in [0.15, 0.2) is 0 Å². The summed E-state index contributed by atoms with van der Waals surface area (Å²) >= 11 is 5.94. The van der Waals surface area contributed by atoms with Crippen LogP contribution < -0.4 is 15.6 Å². The summed E-state index contributed by atoms with van der Waals surface area (Å²) in [5.74, 6) is 0.648. The zero-order valence-corrected chi connectivity index (χ0v) is 15.8. The minimum atomic E-state index is -0.149. The number of aryl methyl sites for hydroxylation is 1. The highest BCUT2D eigenvalue weighted by molar-refractivity contribution is 6.30. The number of halogens is 1. The van der Waals surface area contributed by atoms with E-state index in [1.54, 1.807) is 13.2 Å². The highest BCUT2D eigenvalue weighted by atomic mass is 35.5. The van der Waals surface area contributed by atoms with Gasteiger partial charge in [0, 0.05) is 29.6 Å². The molecule has 3 aromatic rings. The third-order valence-corrected chi connectivity index (χ3v) is 4.61. The number of aromatic amines is 1. The number of fused-ring (bicyclic) bond motifs is 1. The molecular weight excluding hydrogens is 364 g/mol. The van der Waals surface area contributed by atoms with Gasteiger partial charge < -0.3 is 15.0 Å². The molecule has 1 amide bonds. The smallest absolute Gasteiger partial charge is 0.251 e. The van der Waals surface area contributed by atoms with E-state index in [0.717, 1.165) is 16.5 Å². The summed E-state index contributed by atoms with van der Waals surface area (Å²) in [6.07, 6.45) is 1.49. The zero-order valence-electron chi connectivity index (χ0n) is 15.0. The molecular formula is C21H21ClN2O3. The van der Waals surface area contributed by atoms with Crippen molar-refractivity contribution in [3.63, 3.8) is 0 Å². The normalized spacial score (nSPS) is 10.7. The summed E-state index contributed by atoms with van der Waals surface area (Å²) in [5, 5.41) is 4.46. The van der Waals surface area contributed by atoms with Crippen molar-refractivity contribution < 1.29 is 9.53 Å². The molecule has 3 rings (SSSR count). The summed E-state index contributed by atoms with van der Waals surface area (Å²) in [7, 11) is 1.59. The van der Waals surface area contributed by atoms with Gasteiger partial charge in [-0.25, -0.2) is 0 Å². The Balaban J connectivity index is 1.54. The Morgan fingerprint density at radius 3 is 2.78 bits per heavy atom. The summed E-state index contributed by atoms with van der Waals surface area (Å²) in [6, 6.07) is 14.9. The Labute approximate surface area is 162 Å². The fraction of sp³-hybridized carbons (Fsp3) is 0.238. The average molecular weight is 385 g/mol. The van der Waals surface area contributed by atoms with Gasteiger partial charge in [-0.15, -0.1) is 0 Å². The van der Waals surface area contributed by atoms with Crippen LogP contribution in [0.5, 0.6) is 5.75 Å². The first-order chi connectivity index (χ1) is 13.0. The highest BCUT2D eigenvalue weighted by Gasteiger charge is 2.06. The number of ether oxygens (including phenoxy) is 1. The second kappa shape index (κ2) is 8.73. The van der Waals surface area contributed by atoms with E-state index in [2.05, 4.69) is 10.3 Å². The minimum absolute atomic E-state index is 0.0445. The molecule has 27 heavy (non-hydrogen) atoms. The molecule has 0 radical (unpaired) electrons. The van der Waals surface area contributed by atoms with Gasteiger partial charge in [0.05, 0.1) is 12.6 Å². The lowest BCUT2D eigenvalue weighted by atomic mass is 10.1. The van der Waals surface area contributed by atoms with Gasteiger partial charge >= 0.3 is 0 Å². The molecule has 0 unspecified atom stereocenters. The van der Waals surface area contributed by atoms with Crippen molar-refractivity contribution in [2.75, 3.05) is 13.7 Å². The molecule has 140 valence electrons. The SMILES string of the molecule is COc1ccc2cc(CCNC(=O)CCc3cccc(Cl)c3)c(=O)[nH]c2c1. The Morgan fingerprint density at radius 1 is 1.15 bits per heavy atom. The van der Waals surface area contributed by atoms with Crippen LogP contribution >= 0.6 is 11.6 Å². The number of carbonyl (C=O) groups is 1. The zero-order chi connectivity index (χ0) is 19.2. The first-order valence-corrected chi connectivity index (χ1v) is 9.14. The van der Waals surface area contributed by atoms with Crippen molar-refractivity contribution in [2.45, 2.75) is 19.3 Å². The Morgan fingerprint density at radius 2 is 2.00 bits per heavy atom. The molecule has 0 saturated carbocycles. The van der Waals surface area contributed by atoms with Crippen LogP contribution in [0.25, 0.3) is 10.9 Å². The molecule has 0 bridgehead atoms. The monoisotopic (exact) mass is 384 g/mol. The maximum atomic E-state index is 12.2. The van der Waals surface area contributed by atoms with Gasteiger partial charge in [-0.2, -0.15) is 0 Å². The fourth-order valence-electron chi connectivity index (χ4n) is 2.91. The summed E-state index contributed by atoms with van der Waals surface area (Å²) in [5.41, 5.74) is 2.25. The van der Waals surface area contributed by atoms with Crippen molar-refractivity contribution >= 4 is 28.4 Å². The molecule has 6 heteroatoms. The molecule has 0 saturated heterocycles. The lowest BCUT2D eigenvalue weighted by Gasteiger charge is -2.07. The van der Waals surface area contributed by atoms with Crippen LogP contribution in [-0.2, 0) is 17.6 Å². The number of aromatic nitrogens is 1. The maximum Gasteiger partial charge on any atom is 0.251 e. The van der Waals surface area contributed by atoms with E-state index >= 15 is 0 Å². The van der Waals surface area contributed by atoms with E-state index in [4.69, 9.17) is 16.3 Å². The Kier molecular flexibility index (Phi) is 6.14. The number of amides is 1. The molecule has 0 atom stereocenters. The van der Waals surface area contributed by atoms with Crippen LogP contribution in [0, 0.1) is 0 Å².